The van der Waals surface area contributed by atoms with E-state index in [1.807, 2.05) is 25.5 Å². The molecule has 0 bridgehead atoms. The van der Waals surface area contributed by atoms with Gasteiger partial charge in [0, 0.05) is 32.8 Å². The standard InChI is InChI=1S/C19H36N6O/c1-5-16-9-7-10-17(13-16)22-19(20-11-8-12-26-6-2)21-14-18-24-23-15(3)25(18)4/h16-17H,5-14H2,1-4H3,(H2,20,21,22). The second-order valence-corrected chi connectivity index (χ2v) is 7.15. The van der Waals surface area contributed by atoms with E-state index in [-0.39, 0.29) is 0 Å². The van der Waals surface area contributed by atoms with Gasteiger partial charge in [0.15, 0.2) is 11.8 Å². The Kier molecular flexibility index (Phi) is 8.88. The molecular formula is C19H36N6O. The second kappa shape index (κ2) is 11.2. The summed E-state index contributed by atoms with van der Waals surface area (Å²) in [5, 5.41) is 15.4. The second-order valence-electron chi connectivity index (χ2n) is 7.15. The molecule has 0 aliphatic heterocycles. The summed E-state index contributed by atoms with van der Waals surface area (Å²) in [6.45, 7) is 9.21. The first-order valence-corrected chi connectivity index (χ1v) is 10.1. The highest BCUT2D eigenvalue weighted by Gasteiger charge is 2.21. The zero-order chi connectivity index (χ0) is 18.8. The van der Waals surface area contributed by atoms with Gasteiger partial charge >= 0.3 is 0 Å². The number of ether oxygens (including phenoxy) is 1. The van der Waals surface area contributed by atoms with Crippen LogP contribution in [-0.4, -0.2) is 46.5 Å². The van der Waals surface area contributed by atoms with Crippen molar-refractivity contribution in [3.63, 3.8) is 0 Å². The van der Waals surface area contributed by atoms with Crippen molar-refractivity contribution < 1.29 is 4.74 Å². The van der Waals surface area contributed by atoms with E-state index in [1.54, 1.807) is 0 Å². The van der Waals surface area contributed by atoms with E-state index in [4.69, 9.17) is 9.73 Å². The van der Waals surface area contributed by atoms with E-state index in [0.717, 1.165) is 49.7 Å². The summed E-state index contributed by atoms with van der Waals surface area (Å²) in [5.74, 6) is 3.51. The molecular weight excluding hydrogens is 328 g/mol. The lowest BCUT2D eigenvalue weighted by molar-refractivity contribution is 0.145. The van der Waals surface area contributed by atoms with E-state index in [1.165, 1.54) is 32.1 Å². The SMILES string of the molecule is CCOCCCNC(=NCc1nnc(C)n1C)NC1CCCC(CC)C1. The number of aromatic nitrogens is 3. The highest BCUT2D eigenvalue weighted by molar-refractivity contribution is 5.80. The Balaban J connectivity index is 1.93. The maximum absolute atomic E-state index is 5.42. The fraction of sp³-hybridized carbons (Fsp3) is 0.842. The maximum Gasteiger partial charge on any atom is 0.191 e. The molecule has 1 fully saturated rings. The Morgan fingerprint density at radius 1 is 1.31 bits per heavy atom. The minimum Gasteiger partial charge on any atom is -0.382 e. The van der Waals surface area contributed by atoms with Gasteiger partial charge in [-0.3, -0.25) is 0 Å². The molecule has 0 amide bonds. The lowest BCUT2D eigenvalue weighted by Crippen LogP contribution is -2.45. The predicted octanol–water partition coefficient (Wildman–Crippen LogP) is 2.55. The number of aryl methyl sites for hydroxylation is 1. The monoisotopic (exact) mass is 364 g/mol. The van der Waals surface area contributed by atoms with Crippen molar-refractivity contribution in [3.05, 3.63) is 11.6 Å². The van der Waals surface area contributed by atoms with E-state index in [9.17, 15) is 0 Å². The number of guanidine groups is 1. The van der Waals surface area contributed by atoms with Crippen LogP contribution in [-0.2, 0) is 18.3 Å². The van der Waals surface area contributed by atoms with Crippen molar-refractivity contribution in [1.29, 1.82) is 0 Å². The number of nitrogens with one attached hydrogen (secondary N) is 2. The smallest absolute Gasteiger partial charge is 0.191 e. The maximum atomic E-state index is 5.42. The molecule has 1 aromatic rings. The van der Waals surface area contributed by atoms with Gasteiger partial charge in [0.2, 0.25) is 0 Å². The highest BCUT2D eigenvalue weighted by Crippen LogP contribution is 2.26. The van der Waals surface area contributed by atoms with Crippen molar-refractivity contribution in [1.82, 2.24) is 25.4 Å². The van der Waals surface area contributed by atoms with Crippen LogP contribution in [0.1, 0.15) is 64.0 Å². The quantitative estimate of drug-likeness (QED) is 0.400. The molecule has 2 atom stereocenters. The average molecular weight is 365 g/mol. The topological polar surface area (TPSA) is 76.4 Å². The molecule has 1 aromatic heterocycles. The molecule has 1 saturated carbocycles. The Morgan fingerprint density at radius 2 is 2.15 bits per heavy atom. The molecule has 7 nitrogen and oxygen atoms in total. The minimum atomic E-state index is 0.507. The summed E-state index contributed by atoms with van der Waals surface area (Å²) >= 11 is 0. The zero-order valence-electron chi connectivity index (χ0n) is 16.9. The van der Waals surface area contributed by atoms with Gasteiger partial charge in [-0.2, -0.15) is 0 Å². The molecule has 0 spiro atoms. The molecule has 26 heavy (non-hydrogen) atoms. The summed E-state index contributed by atoms with van der Waals surface area (Å²) < 4.78 is 7.41. The average Bonchev–Trinajstić information content (AvgIpc) is 2.98. The minimum absolute atomic E-state index is 0.507. The van der Waals surface area contributed by atoms with E-state index >= 15 is 0 Å². The third kappa shape index (κ3) is 6.59. The summed E-state index contributed by atoms with van der Waals surface area (Å²) in [5.41, 5.74) is 0. The molecule has 0 aromatic carbocycles. The van der Waals surface area contributed by atoms with Crippen LogP contribution in [0.15, 0.2) is 4.99 Å². The summed E-state index contributed by atoms with van der Waals surface area (Å²) in [7, 11) is 1.98. The van der Waals surface area contributed by atoms with Crippen LogP contribution >= 0.6 is 0 Å². The van der Waals surface area contributed by atoms with E-state index < -0.39 is 0 Å². The molecule has 1 aliphatic rings. The molecule has 148 valence electrons. The van der Waals surface area contributed by atoms with Crippen molar-refractivity contribution in [2.45, 2.75) is 71.9 Å². The summed E-state index contributed by atoms with van der Waals surface area (Å²) in [6.07, 6.45) is 7.36. The van der Waals surface area contributed by atoms with Gasteiger partial charge in [0.1, 0.15) is 12.4 Å². The van der Waals surface area contributed by atoms with Gasteiger partial charge in [-0.1, -0.05) is 26.2 Å². The molecule has 2 N–H and O–H groups in total. The molecule has 2 rings (SSSR count). The molecule has 7 heteroatoms. The van der Waals surface area contributed by atoms with Gasteiger partial charge in [-0.25, -0.2) is 4.99 Å². The number of aliphatic imine (C=N–C) groups is 1. The first-order valence-electron chi connectivity index (χ1n) is 10.1. The zero-order valence-corrected chi connectivity index (χ0v) is 16.9. The van der Waals surface area contributed by atoms with Gasteiger partial charge in [0.05, 0.1) is 0 Å². The Morgan fingerprint density at radius 3 is 2.85 bits per heavy atom. The highest BCUT2D eigenvalue weighted by atomic mass is 16.5. The van der Waals surface area contributed by atoms with Crippen LogP contribution in [0.5, 0.6) is 0 Å². The largest absolute Gasteiger partial charge is 0.382 e. The predicted molar refractivity (Wildman–Crippen MR) is 105 cm³/mol. The third-order valence-corrected chi connectivity index (χ3v) is 5.22. The molecule has 0 radical (unpaired) electrons. The molecule has 1 aliphatic carbocycles. The van der Waals surface area contributed by atoms with Crippen molar-refractivity contribution in [2.75, 3.05) is 19.8 Å². The van der Waals surface area contributed by atoms with Crippen molar-refractivity contribution >= 4 is 5.96 Å². The summed E-state index contributed by atoms with van der Waals surface area (Å²) in [4.78, 5) is 4.76. The fourth-order valence-corrected chi connectivity index (χ4v) is 3.40. The lowest BCUT2D eigenvalue weighted by Gasteiger charge is -2.30. The van der Waals surface area contributed by atoms with Crippen LogP contribution in [0.25, 0.3) is 0 Å². The lowest BCUT2D eigenvalue weighted by atomic mass is 9.84. The van der Waals surface area contributed by atoms with Crippen LogP contribution in [0.3, 0.4) is 0 Å². The van der Waals surface area contributed by atoms with Crippen molar-refractivity contribution in [2.24, 2.45) is 18.0 Å². The molecule has 2 unspecified atom stereocenters. The molecule has 1 heterocycles. The van der Waals surface area contributed by atoms with Crippen molar-refractivity contribution in [3.8, 4) is 0 Å². The van der Waals surface area contributed by atoms with Crippen LogP contribution < -0.4 is 10.6 Å². The van der Waals surface area contributed by atoms with Gasteiger partial charge in [-0.15, -0.1) is 10.2 Å². The van der Waals surface area contributed by atoms with Crippen LogP contribution in [0.4, 0.5) is 0 Å². The Labute approximate surface area is 158 Å². The molecule has 0 saturated heterocycles. The van der Waals surface area contributed by atoms with Crippen LogP contribution in [0, 0.1) is 12.8 Å². The number of hydrogen-bond donors (Lipinski definition) is 2. The normalized spacial score (nSPS) is 21.0. The van der Waals surface area contributed by atoms with Crippen LogP contribution in [0.2, 0.25) is 0 Å². The van der Waals surface area contributed by atoms with E-state index in [0.29, 0.717) is 12.6 Å². The van der Waals surface area contributed by atoms with Gasteiger partial charge in [0.25, 0.3) is 0 Å². The first-order chi connectivity index (χ1) is 12.6. The third-order valence-electron chi connectivity index (χ3n) is 5.22. The number of hydrogen-bond acceptors (Lipinski definition) is 4. The van der Waals surface area contributed by atoms with Gasteiger partial charge < -0.3 is 19.9 Å². The fourth-order valence-electron chi connectivity index (χ4n) is 3.40. The van der Waals surface area contributed by atoms with Gasteiger partial charge in [-0.05, 0) is 39.0 Å². The Hall–Kier alpha value is -1.63. The summed E-state index contributed by atoms with van der Waals surface area (Å²) in [6, 6.07) is 0.507. The Bertz CT molecular complexity index is 556. The first kappa shape index (κ1) is 20.7. The number of nitrogens with zero attached hydrogens (tertiary/aromatic N) is 4. The van der Waals surface area contributed by atoms with E-state index in [2.05, 4.69) is 27.8 Å². The number of rotatable bonds is 9.